The summed E-state index contributed by atoms with van der Waals surface area (Å²) in [5, 5.41) is 2.78. The molecule has 2 aromatic rings. The molecule has 0 aromatic heterocycles. The van der Waals surface area contributed by atoms with Crippen molar-refractivity contribution in [1.82, 2.24) is 0 Å². The smallest absolute Gasteiger partial charge is 0.327 e. The molecule has 23 heavy (non-hydrogen) atoms. The summed E-state index contributed by atoms with van der Waals surface area (Å²) in [6.07, 6.45) is 0.428. The van der Waals surface area contributed by atoms with Crippen molar-refractivity contribution in [2.45, 2.75) is 12.5 Å². The van der Waals surface area contributed by atoms with E-state index in [-0.39, 0.29) is 0 Å². The van der Waals surface area contributed by atoms with Gasteiger partial charge < -0.3 is 15.8 Å². The van der Waals surface area contributed by atoms with Gasteiger partial charge in [0.1, 0.15) is 11.8 Å². The summed E-state index contributed by atoms with van der Waals surface area (Å²) in [7, 11) is 1.56. The van der Waals surface area contributed by atoms with Crippen LogP contribution in [0.15, 0.2) is 48.5 Å². The number of nitrogens with two attached hydrogens (primary N) is 1. The molecule has 0 bridgehead atoms. The van der Waals surface area contributed by atoms with E-state index < -0.39 is 18.0 Å². The number of primary amides is 1. The van der Waals surface area contributed by atoms with Gasteiger partial charge in [0.15, 0.2) is 0 Å². The van der Waals surface area contributed by atoms with Crippen LogP contribution in [-0.2, 0) is 11.2 Å². The molecule has 0 radical (unpaired) electrons. The normalized spacial score (nSPS) is 15.9. The second-order valence-electron chi connectivity index (χ2n) is 5.28. The Morgan fingerprint density at radius 1 is 1.22 bits per heavy atom. The lowest BCUT2D eigenvalue weighted by Crippen LogP contribution is -2.47. The number of fused-ring (bicyclic) bond motifs is 1. The molecule has 0 saturated carbocycles. The third kappa shape index (κ3) is 2.83. The van der Waals surface area contributed by atoms with Crippen LogP contribution in [0.4, 0.5) is 16.2 Å². The predicted molar refractivity (Wildman–Crippen MR) is 87.6 cm³/mol. The van der Waals surface area contributed by atoms with Crippen LogP contribution < -0.4 is 20.7 Å². The number of para-hydroxylation sites is 1. The van der Waals surface area contributed by atoms with E-state index in [0.29, 0.717) is 23.5 Å². The molecule has 1 unspecified atom stereocenters. The number of ether oxygens (including phenoxy) is 1. The minimum absolute atomic E-state index is 0.396. The van der Waals surface area contributed by atoms with Crippen LogP contribution in [0, 0.1) is 0 Å². The van der Waals surface area contributed by atoms with Crippen LogP contribution in [0.25, 0.3) is 0 Å². The number of hydrogen-bond acceptors (Lipinski definition) is 3. The van der Waals surface area contributed by atoms with Gasteiger partial charge in [-0.2, -0.15) is 0 Å². The van der Waals surface area contributed by atoms with Crippen molar-refractivity contribution >= 4 is 23.3 Å². The van der Waals surface area contributed by atoms with Gasteiger partial charge in [-0.05, 0) is 23.8 Å². The monoisotopic (exact) mass is 311 g/mol. The number of amides is 3. The van der Waals surface area contributed by atoms with Crippen molar-refractivity contribution < 1.29 is 14.3 Å². The Labute approximate surface area is 133 Å². The van der Waals surface area contributed by atoms with Crippen LogP contribution in [0.3, 0.4) is 0 Å². The molecule has 0 spiro atoms. The fourth-order valence-corrected chi connectivity index (χ4v) is 2.75. The Hall–Kier alpha value is -3.02. The van der Waals surface area contributed by atoms with Crippen molar-refractivity contribution in [2.75, 3.05) is 17.3 Å². The Morgan fingerprint density at radius 2 is 2.00 bits per heavy atom. The van der Waals surface area contributed by atoms with Gasteiger partial charge in [-0.3, -0.25) is 9.69 Å². The first-order valence-corrected chi connectivity index (χ1v) is 7.21. The molecular weight excluding hydrogens is 294 g/mol. The number of hydrogen-bond donors (Lipinski definition) is 2. The summed E-state index contributed by atoms with van der Waals surface area (Å²) in [4.78, 5) is 25.8. The molecule has 6 heteroatoms. The number of nitrogens with zero attached hydrogens (tertiary/aromatic N) is 1. The number of rotatable bonds is 3. The van der Waals surface area contributed by atoms with E-state index in [9.17, 15) is 9.59 Å². The fourth-order valence-electron chi connectivity index (χ4n) is 2.75. The lowest BCUT2D eigenvalue weighted by Gasteiger charge is -2.23. The first kappa shape index (κ1) is 14.9. The molecule has 1 heterocycles. The zero-order chi connectivity index (χ0) is 16.4. The molecule has 6 nitrogen and oxygen atoms in total. The lowest BCUT2D eigenvalue weighted by molar-refractivity contribution is -0.119. The van der Waals surface area contributed by atoms with Crippen molar-refractivity contribution in [1.29, 1.82) is 0 Å². The largest absolute Gasteiger partial charge is 0.497 e. The van der Waals surface area contributed by atoms with E-state index in [1.54, 1.807) is 31.4 Å². The van der Waals surface area contributed by atoms with E-state index in [0.717, 1.165) is 5.56 Å². The van der Waals surface area contributed by atoms with E-state index in [1.165, 1.54) is 4.90 Å². The molecule has 3 rings (SSSR count). The highest BCUT2D eigenvalue weighted by Crippen LogP contribution is 2.32. The van der Waals surface area contributed by atoms with Gasteiger partial charge >= 0.3 is 6.03 Å². The number of anilines is 2. The molecule has 1 aliphatic heterocycles. The lowest BCUT2D eigenvalue weighted by atomic mass is 10.1. The van der Waals surface area contributed by atoms with Crippen LogP contribution in [-0.4, -0.2) is 25.1 Å². The van der Waals surface area contributed by atoms with Gasteiger partial charge in [-0.15, -0.1) is 0 Å². The Kier molecular flexibility index (Phi) is 3.89. The van der Waals surface area contributed by atoms with Crippen LogP contribution in [0.2, 0.25) is 0 Å². The van der Waals surface area contributed by atoms with Gasteiger partial charge in [0.25, 0.3) is 0 Å². The van der Waals surface area contributed by atoms with Gasteiger partial charge in [0.2, 0.25) is 5.91 Å². The Morgan fingerprint density at radius 3 is 2.74 bits per heavy atom. The zero-order valence-corrected chi connectivity index (χ0v) is 12.7. The second kappa shape index (κ2) is 6.00. The topological polar surface area (TPSA) is 84.7 Å². The molecule has 0 aliphatic carbocycles. The zero-order valence-electron chi connectivity index (χ0n) is 12.7. The number of carbonyl (C=O) groups excluding carboxylic acids is 2. The molecule has 1 aliphatic rings. The SMILES string of the molecule is COc1cccc(NC(=O)N2c3ccccc3CC2C(N)=O)c1. The van der Waals surface area contributed by atoms with E-state index in [1.807, 2.05) is 24.3 Å². The standard InChI is InChI=1S/C17H17N3O3/c1-23-13-7-4-6-12(10-13)19-17(22)20-14-8-3-2-5-11(14)9-15(20)16(18)21/h2-8,10,15H,9H2,1H3,(H2,18,21)(H,19,22). The maximum absolute atomic E-state index is 12.7. The number of methoxy groups -OCH3 is 1. The first-order valence-electron chi connectivity index (χ1n) is 7.21. The van der Waals surface area contributed by atoms with Crippen molar-refractivity contribution in [3.8, 4) is 5.75 Å². The summed E-state index contributed by atoms with van der Waals surface area (Å²) in [5.41, 5.74) is 7.68. The van der Waals surface area contributed by atoms with Crippen LogP contribution in [0.1, 0.15) is 5.56 Å². The predicted octanol–water partition coefficient (Wildman–Crippen LogP) is 2.14. The summed E-state index contributed by atoms with van der Waals surface area (Å²) in [6, 6.07) is 13.3. The van der Waals surface area contributed by atoms with Crippen LogP contribution in [0.5, 0.6) is 5.75 Å². The Bertz CT molecular complexity index is 760. The molecule has 2 aromatic carbocycles. The third-order valence-electron chi connectivity index (χ3n) is 3.84. The van der Waals surface area contributed by atoms with Gasteiger partial charge in [0, 0.05) is 23.9 Å². The van der Waals surface area contributed by atoms with Gasteiger partial charge in [0.05, 0.1) is 7.11 Å². The summed E-state index contributed by atoms with van der Waals surface area (Å²) < 4.78 is 5.14. The van der Waals surface area contributed by atoms with Crippen molar-refractivity contribution in [3.05, 3.63) is 54.1 Å². The van der Waals surface area contributed by atoms with E-state index in [2.05, 4.69) is 5.32 Å². The number of nitrogens with one attached hydrogen (secondary N) is 1. The molecule has 0 saturated heterocycles. The average Bonchev–Trinajstić information content (AvgIpc) is 2.95. The maximum atomic E-state index is 12.7. The molecular formula is C17H17N3O3. The van der Waals surface area contributed by atoms with E-state index >= 15 is 0 Å². The highest BCUT2D eigenvalue weighted by Gasteiger charge is 2.37. The number of benzene rings is 2. The molecule has 3 N–H and O–H groups in total. The molecule has 1 atom stereocenters. The van der Waals surface area contributed by atoms with Gasteiger partial charge in [-0.1, -0.05) is 24.3 Å². The van der Waals surface area contributed by atoms with E-state index in [4.69, 9.17) is 10.5 Å². The number of urea groups is 1. The highest BCUT2D eigenvalue weighted by atomic mass is 16.5. The van der Waals surface area contributed by atoms with Crippen LogP contribution >= 0.6 is 0 Å². The Balaban J connectivity index is 1.88. The molecule has 0 fully saturated rings. The van der Waals surface area contributed by atoms with Crippen molar-refractivity contribution in [3.63, 3.8) is 0 Å². The highest BCUT2D eigenvalue weighted by molar-refractivity contribution is 6.08. The summed E-state index contributed by atoms with van der Waals surface area (Å²) in [6.45, 7) is 0. The fraction of sp³-hybridized carbons (Fsp3) is 0.176. The summed E-state index contributed by atoms with van der Waals surface area (Å²) in [5.74, 6) is 0.109. The summed E-state index contributed by atoms with van der Waals surface area (Å²) >= 11 is 0. The first-order chi connectivity index (χ1) is 11.1. The maximum Gasteiger partial charge on any atom is 0.327 e. The average molecular weight is 311 g/mol. The third-order valence-corrected chi connectivity index (χ3v) is 3.84. The molecule has 118 valence electrons. The second-order valence-corrected chi connectivity index (χ2v) is 5.28. The minimum atomic E-state index is -0.682. The molecule has 3 amide bonds. The number of carbonyl (C=O) groups is 2. The van der Waals surface area contributed by atoms with Crippen molar-refractivity contribution in [2.24, 2.45) is 5.73 Å². The quantitative estimate of drug-likeness (QED) is 0.911. The van der Waals surface area contributed by atoms with Gasteiger partial charge in [-0.25, -0.2) is 4.79 Å². The minimum Gasteiger partial charge on any atom is -0.497 e.